The normalized spacial score (nSPS) is 11.8. The van der Waals surface area contributed by atoms with Crippen molar-refractivity contribution in [3.05, 3.63) is 58.1 Å². The van der Waals surface area contributed by atoms with Gasteiger partial charge in [-0.25, -0.2) is 4.79 Å². The molecule has 1 unspecified atom stereocenters. The molecule has 110 valence electrons. The van der Waals surface area contributed by atoms with Gasteiger partial charge >= 0.3 is 6.03 Å². The fourth-order valence-electron chi connectivity index (χ4n) is 1.76. The molecule has 21 heavy (non-hydrogen) atoms. The van der Waals surface area contributed by atoms with Gasteiger partial charge in [0.2, 0.25) is 0 Å². The average Bonchev–Trinajstić information content (AvgIpc) is 2.44. The number of amides is 2. The summed E-state index contributed by atoms with van der Waals surface area (Å²) >= 11 is 11.9. The van der Waals surface area contributed by atoms with Gasteiger partial charge in [0, 0.05) is 5.69 Å². The van der Waals surface area contributed by atoms with Crippen LogP contribution in [0.5, 0.6) is 0 Å². The Morgan fingerprint density at radius 1 is 1.14 bits per heavy atom. The fraction of sp³-hybridized carbons (Fsp3) is 0.133. The quantitative estimate of drug-likeness (QED) is 0.766. The minimum absolute atomic E-state index is 0.284. The van der Waals surface area contributed by atoms with Crippen LogP contribution in [0.3, 0.4) is 0 Å². The molecule has 0 aliphatic carbocycles. The van der Waals surface area contributed by atoms with Crippen molar-refractivity contribution in [3.8, 4) is 0 Å². The summed E-state index contributed by atoms with van der Waals surface area (Å²) in [5.74, 6) is 0. The molecule has 0 fully saturated rings. The zero-order valence-corrected chi connectivity index (χ0v) is 12.7. The van der Waals surface area contributed by atoms with Crippen LogP contribution in [0.4, 0.5) is 16.2 Å². The van der Waals surface area contributed by atoms with E-state index in [2.05, 4.69) is 10.6 Å². The highest BCUT2D eigenvalue weighted by atomic mass is 35.5. The van der Waals surface area contributed by atoms with Crippen molar-refractivity contribution in [1.29, 1.82) is 0 Å². The minimum Gasteiger partial charge on any atom is -0.389 e. The van der Waals surface area contributed by atoms with E-state index < -0.39 is 12.1 Å². The summed E-state index contributed by atoms with van der Waals surface area (Å²) in [5, 5.41) is 15.5. The van der Waals surface area contributed by atoms with Crippen LogP contribution >= 0.6 is 23.2 Å². The molecule has 0 saturated heterocycles. The number of carbonyl (C=O) groups is 1. The van der Waals surface area contributed by atoms with Gasteiger partial charge in [-0.1, -0.05) is 41.4 Å². The number of anilines is 2. The highest BCUT2D eigenvalue weighted by Crippen LogP contribution is 2.29. The molecule has 4 nitrogen and oxygen atoms in total. The summed E-state index contributed by atoms with van der Waals surface area (Å²) in [4.78, 5) is 11.9. The Labute approximate surface area is 132 Å². The smallest absolute Gasteiger partial charge is 0.323 e. The number of benzene rings is 2. The van der Waals surface area contributed by atoms with Gasteiger partial charge in [0.1, 0.15) is 0 Å². The summed E-state index contributed by atoms with van der Waals surface area (Å²) in [6.45, 7) is 1.66. The summed E-state index contributed by atoms with van der Waals surface area (Å²) in [7, 11) is 0. The summed E-state index contributed by atoms with van der Waals surface area (Å²) in [5.41, 5.74) is 1.71. The van der Waals surface area contributed by atoms with Gasteiger partial charge in [-0.2, -0.15) is 0 Å². The lowest BCUT2D eigenvalue weighted by Crippen LogP contribution is -2.19. The number of halogens is 2. The van der Waals surface area contributed by atoms with Gasteiger partial charge in [0.15, 0.2) is 0 Å². The van der Waals surface area contributed by atoms with Crippen molar-refractivity contribution in [3.63, 3.8) is 0 Å². The third-order valence-corrected chi connectivity index (χ3v) is 3.65. The molecule has 2 aromatic carbocycles. The van der Waals surface area contributed by atoms with Crippen LogP contribution in [0.1, 0.15) is 18.6 Å². The van der Waals surface area contributed by atoms with Crippen molar-refractivity contribution in [2.45, 2.75) is 13.0 Å². The molecule has 0 bridgehead atoms. The van der Waals surface area contributed by atoms with Crippen molar-refractivity contribution in [2.75, 3.05) is 10.6 Å². The van der Waals surface area contributed by atoms with Crippen molar-refractivity contribution in [2.24, 2.45) is 0 Å². The molecule has 2 rings (SSSR count). The second-order valence-corrected chi connectivity index (χ2v) is 5.27. The highest BCUT2D eigenvalue weighted by molar-refractivity contribution is 6.44. The first-order valence-corrected chi connectivity index (χ1v) is 7.03. The lowest BCUT2D eigenvalue weighted by molar-refractivity contribution is 0.199. The van der Waals surface area contributed by atoms with E-state index in [0.29, 0.717) is 22.0 Å². The first kappa shape index (κ1) is 15.6. The Morgan fingerprint density at radius 3 is 2.57 bits per heavy atom. The first-order valence-electron chi connectivity index (χ1n) is 6.27. The van der Waals surface area contributed by atoms with Crippen molar-refractivity contribution >= 4 is 40.6 Å². The Hall–Kier alpha value is -1.75. The molecule has 0 aromatic heterocycles. The van der Waals surface area contributed by atoms with Crippen LogP contribution in [-0.4, -0.2) is 11.1 Å². The van der Waals surface area contributed by atoms with Crippen LogP contribution < -0.4 is 10.6 Å². The summed E-state index contributed by atoms with van der Waals surface area (Å²) in [6, 6.07) is 11.5. The van der Waals surface area contributed by atoms with Crippen LogP contribution in [-0.2, 0) is 0 Å². The number of aliphatic hydroxyl groups excluding tert-OH is 1. The Kier molecular flexibility index (Phi) is 5.07. The number of carbonyl (C=O) groups excluding carboxylic acids is 1. The monoisotopic (exact) mass is 324 g/mol. The minimum atomic E-state index is -0.600. The fourth-order valence-corrected chi connectivity index (χ4v) is 2.11. The molecule has 0 radical (unpaired) electrons. The second-order valence-electron chi connectivity index (χ2n) is 4.48. The van der Waals surface area contributed by atoms with Crippen LogP contribution in [0.15, 0.2) is 42.5 Å². The molecular formula is C15H14Cl2N2O2. The summed E-state index contributed by atoms with van der Waals surface area (Å²) in [6.07, 6.45) is -0.600. The number of hydrogen-bond acceptors (Lipinski definition) is 2. The Bertz CT molecular complexity index is 660. The Balaban J connectivity index is 2.08. The second kappa shape index (κ2) is 6.80. The molecule has 0 aliphatic heterocycles. The summed E-state index contributed by atoms with van der Waals surface area (Å²) < 4.78 is 0. The maximum absolute atomic E-state index is 11.9. The van der Waals surface area contributed by atoms with E-state index in [1.165, 1.54) is 0 Å². The molecule has 0 heterocycles. The third-order valence-electron chi connectivity index (χ3n) is 2.83. The van der Waals surface area contributed by atoms with Gasteiger partial charge < -0.3 is 15.7 Å². The van der Waals surface area contributed by atoms with E-state index in [4.69, 9.17) is 23.2 Å². The molecule has 0 aliphatic rings. The average molecular weight is 325 g/mol. The predicted molar refractivity (Wildman–Crippen MR) is 86.2 cm³/mol. The molecule has 2 aromatic rings. The van der Waals surface area contributed by atoms with E-state index >= 15 is 0 Å². The van der Waals surface area contributed by atoms with Crippen molar-refractivity contribution in [1.82, 2.24) is 0 Å². The highest BCUT2D eigenvalue weighted by Gasteiger charge is 2.09. The molecule has 3 N–H and O–H groups in total. The number of nitrogens with one attached hydrogen (secondary N) is 2. The van der Waals surface area contributed by atoms with E-state index in [9.17, 15) is 9.90 Å². The van der Waals surface area contributed by atoms with Crippen LogP contribution in [0, 0.1) is 0 Å². The zero-order chi connectivity index (χ0) is 15.4. The maximum atomic E-state index is 11.9. The predicted octanol–water partition coefficient (Wildman–Crippen LogP) is 4.69. The standard InChI is InChI=1S/C15H14Cl2N2O2/c1-9(20)10-4-2-5-11(8-10)18-15(21)19-13-7-3-6-12(16)14(13)17/h2-9,20H,1H3,(H2,18,19,21). The van der Waals surface area contributed by atoms with E-state index in [1.807, 2.05) is 0 Å². The van der Waals surface area contributed by atoms with Gasteiger partial charge in [0.25, 0.3) is 0 Å². The lowest BCUT2D eigenvalue weighted by atomic mass is 10.1. The number of rotatable bonds is 3. The van der Waals surface area contributed by atoms with Crippen LogP contribution in [0.25, 0.3) is 0 Å². The number of urea groups is 1. The van der Waals surface area contributed by atoms with Crippen molar-refractivity contribution < 1.29 is 9.90 Å². The maximum Gasteiger partial charge on any atom is 0.323 e. The number of aliphatic hydroxyl groups is 1. The van der Waals surface area contributed by atoms with E-state index in [0.717, 1.165) is 0 Å². The molecule has 1 atom stereocenters. The SMILES string of the molecule is CC(O)c1cccc(NC(=O)Nc2cccc(Cl)c2Cl)c1. The number of hydrogen-bond donors (Lipinski definition) is 3. The van der Waals surface area contributed by atoms with Gasteiger partial charge in [-0.05, 0) is 36.8 Å². The molecule has 0 saturated carbocycles. The zero-order valence-electron chi connectivity index (χ0n) is 11.2. The molecule has 2 amide bonds. The van der Waals surface area contributed by atoms with Crippen LogP contribution in [0.2, 0.25) is 10.0 Å². The molecular weight excluding hydrogens is 311 g/mol. The topological polar surface area (TPSA) is 61.4 Å². The molecule has 6 heteroatoms. The molecule has 0 spiro atoms. The first-order chi connectivity index (χ1) is 9.97. The van der Waals surface area contributed by atoms with Gasteiger partial charge in [0.05, 0.1) is 21.8 Å². The van der Waals surface area contributed by atoms with Gasteiger partial charge in [-0.3, -0.25) is 0 Å². The van der Waals surface area contributed by atoms with E-state index in [-0.39, 0.29) is 5.02 Å². The Morgan fingerprint density at radius 2 is 1.86 bits per heavy atom. The van der Waals surface area contributed by atoms with E-state index in [1.54, 1.807) is 49.4 Å². The lowest BCUT2D eigenvalue weighted by Gasteiger charge is -2.11. The van der Waals surface area contributed by atoms with Gasteiger partial charge in [-0.15, -0.1) is 0 Å². The third kappa shape index (κ3) is 4.11. The largest absolute Gasteiger partial charge is 0.389 e.